The van der Waals surface area contributed by atoms with E-state index in [0.717, 1.165) is 22.9 Å². The molecule has 19 heavy (non-hydrogen) atoms. The number of nitrogens with two attached hydrogens (primary N) is 1. The second kappa shape index (κ2) is 4.99. The van der Waals surface area contributed by atoms with Crippen LogP contribution in [0, 0.1) is 6.92 Å². The first-order valence-corrected chi connectivity index (χ1v) is 6.60. The first-order valence-electron chi connectivity index (χ1n) is 6.60. The molecule has 0 spiro atoms. The third-order valence-corrected chi connectivity index (χ3v) is 3.11. The minimum Gasteiger partial charge on any atom is -0.383 e. The van der Waals surface area contributed by atoms with E-state index in [-0.39, 0.29) is 5.92 Å². The molecule has 0 fully saturated rings. The SMILES string of the molecule is Cc1c(N)nc(C(C)C)nc1-n1ccc(C(C)C)n1. The van der Waals surface area contributed by atoms with Crippen molar-refractivity contribution in [2.75, 3.05) is 5.73 Å². The highest BCUT2D eigenvalue weighted by atomic mass is 15.3. The summed E-state index contributed by atoms with van der Waals surface area (Å²) in [6.07, 6.45) is 1.92. The molecule has 0 aliphatic carbocycles. The fourth-order valence-electron chi connectivity index (χ4n) is 1.78. The molecule has 0 amide bonds. The highest BCUT2D eigenvalue weighted by molar-refractivity contribution is 5.48. The minimum absolute atomic E-state index is 0.238. The molecule has 5 nitrogen and oxygen atoms in total. The molecule has 0 unspecified atom stereocenters. The topological polar surface area (TPSA) is 69.6 Å². The number of hydrogen-bond donors (Lipinski definition) is 1. The fraction of sp³-hybridized carbons (Fsp3) is 0.500. The molecule has 0 atom stereocenters. The molecule has 102 valence electrons. The van der Waals surface area contributed by atoms with Gasteiger partial charge in [0, 0.05) is 17.7 Å². The molecular formula is C14H21N5. The summed E-state index contributed by atoms with van der Waals surface area (Å²) in [5.41, 5.74) is 7.88. The van der Waals surface area contributed by atoms with Gasteiger partial charge in [0.15, 0.2) is 5.82 Å². The maximum Gasteiger partial charge on any atom is 0.162 e. The number of anilines is 1. The fourth-order valence-corrected chi connectivity index (χ4v) is 1.78. The van der Waals surface area contributed by atoms with Gasteiger partial charge in [-0.1, -0.05) is 27.7 Å². The zero-order valence-corrected chi connectivity index (χ0v) is 12.2. The van der Waals surface area contributed by atoms with E-state index in [9.17, 15) is 0 Å². The van der Waals surface area contributed by atoms with Crippen molar-refractivity contribution in [3.05, 3.63) is 29.3 Å². The van der Waals surface area contributed by atoms with Crippen molar-refractivity contribution in [1.29, 1.82) is 0 Å². The third-order valence-electron chi connectivity index (χ3n) is 3.11. The Bertz CT molecular complexity index is 584. The molecule has 2 aromatic heterocycles. The van der Waals surface area contributed by atoms with Crippen molar-refractivity contribution >= 4 is 5.82 Å². The van der Waals surface area contributed by atoms with Crippen LogP contribution in [0.1, 0.15) is 56.6 Å². The molecular weight excluding hydrogens is 238 g/mol. The van der Waals surface area contributed by atoms with E-state index in [1.54, 1.807) is 4.68 Å². The number of nitrogen functional groups attached to an aromatic ring is 1. The van der Waals surface area contributed by atoms with Crippen LogP contribution in [0.15, 0.2) is 12.3 Å². The molecule has 0 aliphatic heterocycles. The van der Waals surface area contributed by atoms with Gasteiger partial charge < -0.3 is 5.73 Å². The maximum absolute atomic E-state index is 5.97. The van der Waals surface area contributed by atoms with Gasteiger partial charge in [-0.15, -0.1) is 0 Å². The molecule has 0 saturated heterocycles. The summed E-state index contributed by atoms with van der Waals surface area (Å²) in [7, 11) is 0. The predicted molar refractivity (Wildman–Crippen MR) is 76.5 cm³/mol. The van der Waals surface area contributed by atoms with E-state index in [2.05, 4.69) is 42.8 Å². The summed E-state index contributed by atoms with van der Waals surface area (Å²) < 4.78 is 1.79. The lowest BCUT2D eigenvalue weighted by Gasteiger charge is -2.11. The van der Waals surface area contributed by atoms with Crippen LogP contribution in [0.4, 0.5) is 5.82 Å². The number of rotatable bonds is 3. The lowest BCUT2D eigenvalue weighted by Crippen LogP contribution is -2.11. The summed E-state index contributed by atoms with van der Waals surface area (Å²) >= 11 is 0. The summed E-state index contributed by atoms with van der Waals surface area (Å²) in [6, 6.07) is 2.01. The van der Waals surface area contributed by atoms with Gasteiger partial charge in [0.25, 0.3) is 0 Å². The number of hydrogen-bond acceptors (Lipinski definition) is 4. The van der Waals surface area contributed by atoms with Crippen LogP contribution in [-0.2, 0) is 0 Å². The Morgan fingerprint density at radius 2 is 1.79 bits per heavy atom. The Kier molecular flexibility index (Phi) is 3.55. The first-order chi connectivity index (χ1) is 8.90. The Balaban J connectivity index is 2.53. The van der Waals surface area contributed by atoms with Gasteiger partial charge in [0.1, 0.15) is 11.6 Å². The van der Waals surface area contributed by atoms with Crippen LogP contribution in [0.2, 0.25) is 0 Å². The summed E-state index contributed by atoms with van der Waals surface area (Å²) in [5, 5.41) is 4.55. The summed E-state index contributed by atoms with van der Waals surface area (Å²) in [5.74, 6) is 2.67. The second-order valence-corrected chi connectivity index (χ2v) is 5.41. The van der Waals surface area contributed by atoms with E-state index < -0.39 is 0 Å². The van der Waals surface area contributed by atoms with E-state index in [4.69, 9.17) is 5.73 Å². The summed E-state index contributed by atoms with van der Waals surface area (Å²) in [6.45, 7) is 10.3. The van der Waals surface area contributed by atoms with Gasteiger partial charge in [-0.3, -0.25) is 0 Å². The van der Waals surface area contributed by atoms with Crippen LogP contribution in [0.3, 0.4) is 0 Å². The van der Waals surface area contributed by atoms with Crippen LogP contribution in [0.5, 0.6) is 0 Å². The van der Waals surface area contributed by atoms with Crippen LogP contribution < -0.4 is 5.73 Å². The van der Waals surface area contributed by atoms with E-state index in [1.807, 2.05) is 19.2 Å². The van der Waals surface area contributed by atoms with Gasteiger partial charge in [0.2, 0.25) is 0 Å². The van der Waals surface area contributed by atoms with Gasteiger partial charge in [0.05, 0.1) is 5.69 Å². The molecule has 0 aromatic carbocycles. The van der Waals surface area contributed by atoms with Crippen molar-refractivity contribution in [3.63, 3.8) is 0 Å². The highest BCUT2D eigenvalue weighted by Gasteiger charge is 2.14. The van der Waals surface area contributed by atoms with Crippen LogP contribution in [-0.4, -0.2) is 19.7 Å². The van der Waals surface area contributed by atoms with Crippen molar-refractivity contribution in [2.24, 2.45) is 0 Å². The van der Waals surface area contributed by atoms with Gasteiger partial charge in [-0.05, 0) is 18.9 Å². The molecule has 0 saturated carbocycles. The first kappa shape index (κ1) is 13.5. The minimum atomic E-state index is 0.238. The molecule has 5 heteroatoms. The molecule has 2 N–H and O–H groups in total. The largest absolute Gasteiger partial charge is 0.383 e. The number of nitrogens with zero attached hydrogens (tertiary/aromatic N) is 4. The standard InChI is InChI=1S/C14H21N5/c1-8(2)11-6-7-19(18-11)14-10(5)12(15)16-13(17-14)9(3)4/h6-9H,1-5H3,(H2,15,16,17). The van der Waals surface area contributed by atoms with E-state index in [1.165, 1.54) is 0 Å². The molecule has 2 rings (SSSR count). The lowest BCUT2D eigenvalue weighted by molar-refractivity contribution is 0.723. The Labute approximate surface area is 113 Å². The Morgan fingerprint density at radius 3 is 2.32 bits per heavy atom. The molecule has 0 bridgehead atoms. The molecule has 2 aromatic rings. The zero-order valence-electron chi connectivity index (χ0n) is 12.2. The van der Waals surface area contributed by atoms with Gasteiger partial charge in [-0.2, -0.15) is 5.10 Å². The van der Waals surface area contributed by atoms with Crippen molar-refractivity contribution in [2.45, 2.75) is 46.5 Å². The maximum atomic E-state index is 5.97. The van der Waals surface area contributed by atoms with Gasteiger partial charge in [-0.25, -0.2) is 14.6 Å². The lowest BCUT2D eigenvalue weighted by atomic mass is 10.1. The quantitative estimate of drug-likeness (QED) is 0.920. The molecule has 0 aliphatic rings. The summed E-state index contributed by atoms with van der Waals surface area (Å²) in [4.78, 5) is 8.91. The second-order valence-electron chi connectivity index (χ2n) is 5.41. The van der Waals surface area contributed by atoms with Crippen molar-refractivity contribution in [3.8, 4) is 5.82 Å². The van der Waals surface area contributed by atoms with E-state index >= 15 is 0 Å². The third kappa shape index (κ3) is 2.59. The van der Waals surface area contributed by atoms with Crippen molar-refractivity contribution in [1.82, 2.24) is 19.7 Å². The van der Waals surface area contributed by atoms with Gasteiger partial charge >= 0.3 is 0 Å². The monoisotopic (exact) mass is 259 g/mol. The van der Waals surface area contributed by atoms with Crippen molar-refractivity contribution < 1.29 is 0 Å². The average molecular weight is 259 g/mol. The smallest absolute Gasteiger partial charge is 0.162 e. The predicted octanol–water partition coefficient (Wildman–Crippen LogP) is 2.80. The Morgan fingerprint density at radius 1 is 1.11 bits per heavy atom. The van der Waals surface area contributed by atoms with Crippen LogP contribution in [0.25, 0.3) is 5.82 Å². The van der Waals surface area contributed by atoms with Crippen LogP contribution >= 0.6 is 0 Å². The molecule has 0 radical (unpaired) electrons. The molecule has 2 heterocycles. The van der Waals surface area contributed by atoms with E-state index in [0.29, 0.717) is 11.7 Å². The highest BCUT2D eigenvalue weighted by Crippen LogP contribution is 2.21. The average Bonchev–Trinajstić information content (AvgIpc) is 2.81. The normalized spacial score (nSPS) is 11.5. The zero-order chi connectivity index (χ0) is 14.2. The number of aromatic nitrogens is 4. The Hall–Kier alpha value is -1.91.